The van der Waals surface area contributed by atoms with Crippen LogP contribution in [0.15, 0.2) is 71.6 Å². The van der Waals surface area contributed by atoms with Crippen LogP contribution in [0, 0.1) is 5.92 Å². The number of nitrogens with one attached hydrogen (secondary N) is 2. The Hall–Kier alpha value is -2.71. The standard InChI is InChI=1S/C27H31ClN2O4S/c1-19(2)16-20-6-4-5-7-25(20)26-17-21(27(31)29-14-15-34-3)8-9-22(26)18-30-35(32,33)24-12-10-23(28)11-13-24/h4-13,17,19,30H,14-16,18H2,1-3H3,(H,29,31). The van der Waals surface area contributed by atoms with Crippen molar-refractivity contribution >= 4 is 27.5 Å². The molecule has 186 valence electrons. The summed E-state index contributed by atoms with van der Waals surface area (Å²) in [4.78, 5) is 12.9. The molecule has 3 aromatic rings. The van der Waals surface area contributed by atoms with Crippen molar-refractivity contribution in [3.8, 4) is 11.1 Å². The number of amides is 1. The van der Waals surface area contributed by atoms with Gasteiger partial charge in [-0.3, -0.25) is 4.79 Å². The fraction of sp³-hybridized carbons (Fsp3) is 0.296. The second-order valence-corrected chi connectivity index (χ2v) is 10.9. The molecule has 0 fully saturated rings. The first-order valence-corrected chi connectivity index (χ1v) is 13.3. The van der Waals surface area contributed by atoms with Crippen LogP contribution in [0.5, 0.6) is 0 Å². The van der Waals surface area contributed by atoms with Gasteiger partial charge in [0.15, 0.2) is 0 Å². The van der Waals surface area contributed by atoms with E-state index < -0.39 is 10.0 Å². The van der Waals surface area contributed by atoms with Crippen LogP contribution in [-0.2, 0) is 27.7 Å². The highest BCUT2D eigenvalue weighted by Gasteiger charge is 2.18. The summed E-state index contributed by atoms with van der Waals surface area (Å²) in [5.74, 6) is 0.224. The Morgan fingerprint density at radius 3 is 2.37 bits per heavy atom. The minimum atomic E-state index is -3.75. The molecule has 0 saturated heterocycles. The number of benzene rings is 3. The van der Waals surface area contributed by atoms with Crippen LogP contribution < -0.4 is 10.0 Å². The summed E-state index contributed by atoms with van der Waals surface area (Å²) in [6.07, 6.45) is 0.858. The third kappa shape index (κ3) is 7.39. The van der Waals surface area contributed by atoms with Gasteiger partial charge in [-0.05, 0) is 71.0 Å². The van der Waals surface area contributed by atoms with Gasteiger partial charge in [-0.1, -0.05) is 55.8 Å². The summed E-state index contributed by atoms with van der Waals surface area (Å²) in [5.41, 5.74) is 4.21. The summed E-state index contributed by atoms with van der Waals surface area (Å²) in [6, 6.07) is 19.4. The number of sulfonamides is 1. The van der Waals surface area contributed by atoms with E-state index in [-0.39, 0.29) is 17.3 Å². The van der Waals surface area contributed by atoms with Gasteiger partial charge in [-0.25, -0.2) is 13.1 Å². The molecular weight excluding hydrogens is 484 g/mol. The number of hydrogen-bond donors (Lipinski definition) is 2. The number of rotatable bonds is 11. The second-order valence-electron chi connectivity index (χ2n) is 8.65. The van der Waals surface area contributed by atoms with E-state index in [4.69, 9.17) is 16.3 Å². The Balaban J connectivity index is 1.98. The molecule has 0 atom stereocenters. The van der Waals surface area contributed by atoms with Gasteiger partial charge in [-0.2, -0.15) is 0 Å². The largest absolute Gasteiger partial charge is 0.383 e. The first-order valence-electron chi connectivity index (χ1n) is 11.4. The quantitative estimate of drug-likeness (QED) is 0.350. The predicted octanol–water partition coefficient (Wildman–Crippen LogP) is 5.06. The SMILES string of the molecule is COCCNC(=O)c1ccc(CNS(=O)(=O)c2ccc(Cl)cc2)c(-c2ccccc2CC(C)C)c1. The third-order valence-electron chi connectivity index (χ3n) is 5.48. The van der Waals surface area contributed by atoms with E-state index in [1.54, 1.807) is 31.4 Å². The van der Waals surface area contributed by atoms with Crippen LogP contribution in [0.25, 0.3) is 11.1 Å². The van der Waals surface area contributed by atoms with Crippen molar-refractivity contribution in [2.75, 3.05) is 20.3 Å². The van der Waals surface area contributed by atoms with Gasteiger partial charge in [0.05, 0.1) is 11.5 Å². The van der Waals surface area contributed by atoms with Gasteiger partial charge in [0.2, 0.25) is 10.0 Å². The van der Waals surface area contributed by atoms with Gasteiger partial charge >= 0.3 is 0 Å². The van der Waals surface area contributed by atoms with E-state index in [9.17, 15) is 13.2 Å². The zero-order chi connectivity index (χ0) is 25.4. The fourth-order valence-electron chi connectivity index (χ4n) is 3.76. The summed E-state index contributed by atoms with van der Waals surface area (Å²) >= 11 is 5.90. The number of methoxy groups -OCH3 is 1. The van der Waals surface area contributed by atoms with Crippen LogP contribution in [0.2, 0.25) is 5.02 Å². The van der Waals surface area contributed by atoms with Gasteiger partial charge in [0.25, 0.3) is 5.91 Å². The molecule has 3 rings (SSSR count). The van der Waals surface area contributed by atoms with E-state index in [0.717, 1.165) is 28.7 Å². The zero-order valence-corrected chi connectivity index (χ0v) is 21.7. The average molecular weight is 515 g/mol. The molecule has 0 saturated carbocycles. The molecule has 0 bridgehead atoms. The van der Waals surface area contributed by atoms with Crippen LogP contribution in [0.1, 0.15) is 35.3 Å². The number of halogens is 1. The van der Waals surface area contributed by atoms with Crippen molar-refractivity contribution in [2.24, 2.45) is 5.92 Å². The molecule has 6 nitrogen and oxygen atoms in total. The number of ether oxygens (including phenoxy) is 1. The van der Waals surface area contributed by atoms with E-state index in [2.05, 4.69) is 30.0 Å². The predicted molar refractivity (Wildman–Crippen MR) is 140 cm³/mol. The van der Waals surface area contributed by atoms with E-state index >= 15 is 0 Å². The molecule has 0 aliphatic heterocycles. The summed E-state index contributed by atoms with van der Waals surface area (Å²) < 4.78 is 33.4. The highest BCUT2D eigenvalue weighted by molar-refractivity contribution is 7.89. The second kappa shape index (κ2) is 12.3. The van der Waals surface area contributed by atoms with Crippen LogP contribution in [0.3, 0.4) is 0 Å². The Morgan fingerprint density at radius 1 is 0.971 bits per heavy atom. The maximum absolute atomic E-state index is 12.9. The first-order chi connectivity index (χ1) is 16.7. The van der Waals surface area contributed by atoms with Crippen LogP contribution >= 0.6 is 11.6 Å². The van der Waals surface area contributed by atoms with Crippen LogP contribution in [-0.4, -0.2) is 34.6 Å². The first kappa shape index (κ1) is 26.9. The molecule has 0 spiro atoms. The van der Waals surface area contributed by atoms with Crippen molar-refractivity contribution in [1.29, 1.82) is 0 Å². The van der Waals surface area contributed by atoms with Crippen LogP contribution in [0.4, 0.5) is 0 Å². The topological polar surface area (TPSA) is 84.5 Å². The fourth-order valence-corrected chi connectivity index (χ4v) is 4.89. The number of carbonyl (C=O) groups is 1. The molecule has 0 radical (unpaired) electrons. The Labute approximate surface area is 212 Å². The Morgan fingerprint density at radius 2 is 1.69 bits per heavy atom. The van der Waals surface area contributed by atoms with Crippen molar-refractivity contribution in [3.63, 3.8) is 0 Å². The Bertz CT molecular complexity index is 1260. The minimum Gasteiger partial charge on any atom is -0.383 e. The molecule has 0 aromatic heterocycles. The van der Waals surface area contributed by atoms with Gasteiger partial charge in [0, 0.05) is 30.8 Å². The van der Waals surface area contributed by atoms with Gasteiger partial charge in [-0.15, -0.1) is 0 Å². The third-order valence-corrected chi connectivity index (χ3v) is 7.15. The molecule has 8 heteroatoms. The number of hydrogen-bond acceptors (Lipinski definition) is 4. The molecular formula is C27H31ClN2O4S. The van der Waals surface area contributed by atoms with Crippen molar-refractivity contribution in [3.05, 3.63) is 88.4 Å². The maximum atomic E-state index is 12.9. The zero-order valence-electron chi connectivity index (χ0n) is 20.2. The summed E-state index contributed by atoms with van der Waals surface area (Å²) in [5, 5.41) is 3.31. The summed E-state index contributed by atoms with van der Waals surface area (Å²) in [7, 11) is -2.17. The monoisotopic (exact) mass is 514 g/mol. The average Bonchev–Trinajstić information content (AvgIpc) is 2.83. The molecule has 1 amide bonds. The van der Waals surface area contributed by atoms with Crippen molar-refractivity contribution < 1.29 is 17.9 Å². The van der Waals surface area contributed by atoms with E-state index in [1.807, 2.05) is 24.3 Å². The Kier molecular flexibility index (Phi) is 9.46. The van der Waals surface area contributed by atoms with E-state index in [0.29, 0.717) is 29.7 Å². The van der Waals surface area contributed by atoms with Crippen molar-refractivity contribution in [1.82, 2.24) is 10.0 Å². The lowest BCUT2D eigenvalue weighted by Crippen LogP contribution is -2.27. The van der Waals surface area contributed by atoms with Crippen molar-refractivity contribution in [2.45, 2.75) is 31.7 Å². The van der Waals surface area contributed by atoms with E-state index in [1.165, 1.54) is 12.1 Å². The lowest BCUT2D eigenvalue weighted by Gasteiger charge is -2.17. The molecule has 0 heterocycles. The van der Waals surface area contributed by atoms with Gasteiger partial charge < -0.3 is 10.1 Å². The summed E-state index contributed by atoms with van der Waals surface area (Å²) in [6.45, 7) is 5.19. The minimum absolute atomic E-state index is 0.0713. The molecule has 2 N–H and O–H groups in total. The molecule has 3 aromatic carbocycles. The molecule has 35 heavy (non-hydrogen) atoms. The lowest BCUT2D eigenvalue weighted by atomic mass is 9.90. The smallest absolute Gasteiger partial charge is 0.251 e. The van der Waals surface area contributed by atoms with Gasteiger partial charge in [0.1, 0.15) is 0 Å². The molecule has 0 aliphatic rings. The normalized spacial score (nSPS) is 11.6. The highest BCUT2D eigenvalue weighted by Crippen LogP contribution is 2.30. The maximum Gasteiger partial charge on any atom is 0.251 e. The lowest BCUT2D eigenvalue weighted by molar-refractivity contribution is 0.0937. The molecule has 0 unspecified atom stereocenters. The highest BCUT2D eigenvalue weighted by atomic mass is 35.5. The molecule has 0 aliphatic carbocycles. The number of carbonyl (C=O) groups excluding carboxylic acids is 1.